The zero-order valence-electron chi connectivity index (χ0n) is 17.3. The van der Waals surface area contributed by atoms with Crippen molar-refractivity contribution in [2.45, 2.75) is 6.42 Å². The Labute approximate surface area is 197 Å². The van der Waals surface area contributed by atoms with Crippen molar-refractivity contribution in [2.75, 3.05) is 11.9 Å². The van der Waals surface area contributed by atoms with Crippen LogP contribution in [0.3, 0.4) is 0 Å². The molecule has 1 N–H and O–H groups in total. The summed E-state index contributed by atoms with van der Waals surface area (Å²) in [6, 6.07) is 10.5. The molecule has 0 radical (unpaired) electrons. The summed E-state index contributed by atoms with van der Waals surface area (Å²) in [4.78, 5) is 37.4. The lowest BCUT2D eigenvalue weighted by molar-refractivity contribution is -0.140. The van der Waals surface area contributed by atoms with Crippen LogP contribution in [0.1, 0.15) is 12.0 Å². The van der Waals surface area contributed by atoms with Crippen molar-refractivity contribution in [1.82, 2.24) is 5.01 Å². The molecule has 2 aromatic carbocycles. The van der Waals surface area contributed by atoms with Crippen LogP contribution in [-0.2, 0) is 14.4 Å². The number of anilines is 1. The van der Waals surface area contributed by atoms with Crippen LogP contribution >= 0.6 is 15.9 Å². The lowest BCUT2D eigenvalue weighted by atomic mass is 9.85. The number of allylic oxidation sites excluding steroid dienone is 2. The number of carbonyl (C=O) groups excluding carboxylic acids is 3. The van der Waals surface area contributed by atoms with E-state index >= 15 is 0 Å². The van der Waals surface area contributed by atoms with Gasteiger partial charge in [-0.3, -0.25) is 14.4 Å². The van der Waals surface area contributed by atoms with Gasteiger partial charge in [0.15, 0.2) is 6.61 Å². The maximum Gasteiger partial charge on any atom is 0.262 e. The van der Waals surface area contributed by atoms with Crippen molar-refractivity contribution in [3.05, 3.63) is 70.5 Å². The quantitative estimate of drug-likeness (QED) is 0.363. The van der Waals surface area contributed by atoms with Gasteiger partial charge in [0.05, 0.1) is 22.5 Å². The first kappa shape index (κ1) is 21.5. The molecule has 5 rings (SSSR count). The van der Waals surface area contributed by atoms with Gasteiger partial charge in [0.1, 0.15) is 11.6 Å². The van der Waals surface area contributed by atoms with Crippen molar-refractivity contribution in [3.63, 3.8) is 0 Å². The fourth-order valence-electron chi connectivity index (χ4n) is 4.71. The lowest BCUT2D eigenvalue weighted by Gasteiger charge is -2.13. The van der Waals surface area contributed by atoms with E-state index in [4.69, 9.17) is 4.74 Å². The number of benzene rings is 2. The van der Waals surface area contributed by atoms with Crippen molar-refractivity contribution in [1.29, 1.82) is 0 Å². The van der Waals surface area contributed by atoms with E-state index in [-0.39, 0.29) is 53.8 Å². The number of nitrogens with one attached hydrogen (secondary N) is 1. The van der Waals surface area contributed by atoms with Crippen molar-refractivity contribution < 1.29 is 23.5 Å². The molecular formula is C24H19BrFN3O4. The number of fused-ring (bicyclic) bond motifs is 5. The fraction of sp³-hybridized carbons (Fsp3) is 0.250. The summed E-state index contributed by atoms with van der Waals surface area (Å²) in [6.45, 7) is -0.237. The maximum atomic E-state index is 12.9. The Hall–Kier alpha value is -3.33. The van der Waals surface area contributed by atoms with Crippen molar-refractivity contribution in [2.24, 2.45) is 28.8 Å². The second-order valence-electron chi connectivity index (χ2n) is 8.27. The van der Waals surface area contributed by atoms with E-state index in [0.717, 1.165) is 11.4 Å². The predicted molar refractivity (Wildman–Crippen MR) is 122 cm³/mol. The molecule has 2 aromatic rings. The molecule has 7 nitrogen and oxygen atoms in total. The molecule has 2 fully saturated rings. The molecule has 1 saturated heterocycles. The Morgan fingerprint density at radius 2 is 1.79 bits per heavy atom. The molecule has 168 valence electrons. The van der Waals surface area contributed by atoms with Crippen LogP contribution in [-0.4, -0.2) is 35.6 Å². The van der Waals surface area contributed by atoms with E-state index in [1.807, 2.05) is 12.2 Å². The van der Waals surface area contributed by atoms with Crippen LogP contribution in [0.25, 0.3) is 0 Å². The molecule has 0 aromatic heterocycles. The molecule has 9 heteroatoms. The smallest absolute Gasteiger partial charge is 0.262 e. The van der Waals surface area contributed by atoms with E-state index < -0.39 is 0 Å². The monoisotopic (exact) mass is 511 g/mol. The minimum Gasteiger partial charge on any atom is -0.483 e. The average molecular weight is 512 g/mol. The number of amides is 3. The normalized spacial score (nSPS) is 25.2. The van der Waals surface area contributed by atoms with E-state index in [0.29, 0.717) is 21.5 Å². The van der Waals surface area contributed by atoms with Crippen LogP contribution in [0.5, 0.6) is 5.75 Å². The third kappa shape index (κ3) is 4.08. The van der Waals surface area contributed by atoms with E-state index in [1.165, 1.54) is 30.5 Å². The van der Waals surface area contributed by atoms with Crippen molar-refractivity contribution in [3.8, 4) is 5.75 Å². The molecule has 1 saturated carbocycles. The molecule has 33 heavy (non-hydrogen) atoms. The van der Waals surface area contributed by atoms with Gasteiger partial charge in [0.2, 0.25) is 0 Å². The van der Waals surface area contributed by atoms with E-state index in [9.17, 15) is 18.8 Å². The Morgan fingerprint density at radius 1 is 1.12 bits per heavy atom. The number of imide groups is 1. The highest BCUT2D eigenvalue weighted by molar-refractivity contribution is 9.10. The van der Waals surface area contributed by atoms with Gasteiger partial charge in [0, 0.05) is 5.69 Å². The highest BCUT2D eigenvalue weighted by Gasteiger charge is 2.59. The van der Waals surface area contributed by atoms with Crippen LogP contribution in [0, 0.1) is 29.5 Å². The molecular weight excluding hydrogens is 493 g/mol. The summed E-state index contributed by atoms with van der Waals surface area (Å²) < 4.78 is 19.1. The fourth-order valence-corrected chi connectivity index (χ4v) is 5.22. The van der Waals surface area contributed by atoms with Gasteiger partial charge in [-0.1, -0.05) is 12.2 Å². The molecule has 1 heterocycles. The standard InChI is InChI=1S/C24H19BrFN3O4/c25-18-9-13(1-8-19(18)33-12-20(30)28-17-6-4-16(26)5-7-17)11-27-29-23(31)21-14-2-3-15(10-14)22(21)24(29)32/h1-9,11,14-15,21-22H,10,12H2,(H,28,30)/t14-,15-,21-,22+/m0/s1. The van der Waals surface area contributed by atoms with Gasteiger partial charge in [-0.2, -0.15) is 10.1 Å². The molecule has 2 aliphatic carbocycles. The van der Waals surface area contributed by atoms with Crippen LogP contribution in [0.2, 0.25) is 0 Å². The zero-order valence-corrected chi connectivity index (χ0v) is 18.9. The molecule has 2 bridgehead atoms. The van der Waals surface area contributed by atoms with E-state index in [2.05, 4.69) is 26.3 Å². The number of carbonyl (C=O) groups is 3. The summed E-state index contributed by atoms with van der Waals surface area (Å²) in [5.41, 5.74) is 1.12. The van der Waals surface area contributed by atoms with Gasteiger partial charge >= 0.3 is 0 Å². The molecule has 3 aliphatic rings. The van der Waals surface area contributed by atoms with Crippen molar-refractivity contribution >= 4 is 45.6 Å². The molecule has 0 spiro atoms. The van der Waals surface area contributed by atoms with Gasteiger partial charge < -0.3 is 10.1 Å². The Morgan fingerprint density at radius 3 is 2.42 bits per heavy atom. The first-order chi connectivity index (χ1) is 15.9. The molecule has 3 amide bonds. The number of hydrogen-bond acceptors (Lipinski definition) is 5. The number of rotatable bonds is 6. The summed E-state index contributed by atoms with van der Waals surface area (Å²) in [5.74, 6) is -1.09. The second kappa shape index (κ2) is 8.55. The zero-order chi connectivity index (χ0) is 23.1. The number of halogens is 2. The predicted octanol–water partition coefficient (Wildman–Crippen LogP) is 3.75. The van der Waals surface area contributed by atoms with E-state index in [1.54, 1.807) is 18.2 Å². The minimum atomic E-state index is -0.390. The third-order valence-corrected chi connectivity index (χ3v) is 6.83. The topological polar surface area (TPSA) is 88.1 Å². The summed E-state index contributed by atoms with van der Waals surface area (Å²) in [6.07, 6.45) is 6.42. The van der Waals surface area contributed by atoms with Crippen LogP contribution < -0.4 is 10.1 Å². The molecule has 4 atom stereocenters. The summed E-state index contributed by atoms with van der Waals surface area (Å²) in [7, 11) is 0. The van der Waals surface area contributed by atoms with Crippen LogP contribution in [0.15, 0.2) is 64.2 Å². The van der Waals surface area contributed by atoms with Gasteiger partial charge in [0.25, 0.3) is 17.7 Å². The number of hydrazone groups is 1. The summed E-state index contributed by atoms with van der Waals surface area (Å²) in [5, 5.41) is 7.78. The second-order valence-corrected chi connectivity index (χ2v) is 9.12. The number of ether oxygens (including phenoxy) is 1. The number of hydrogen-bond donors (Lipinski definition) is 1. The Balaban J connectivity index is 1.19. The average Bonchev–Trinajstić information content (AvgIpc) is 3.47. The Bertz CT molecular complexity index is 1170. The third-order valence-electron chi connectivity index (χ3n) is 6.21. The highest BCUT2D eigenvalue weighted by atomic mass is 79.9. The SMILES string of the molecule is O=C(COc1ccc(C=NN2C(=O)[C@@H]3[C@H](C2=O)[C@H]2C=C[C@H]3C2)cc1Br)Nc1ccc(F)cc1. The number of nitrogens with zero attached hydrogens (tertiary/aromatic N) is 2. The lowest BCUT2D eigenvalue weighted by Crippen LogP contribution is -2.28. The van der Waals surface area contributed by atoms with Crippen LogP contribution in [0.4, 0.5) is 10.1 Å². The van der Waals surface area contributed by atoms with Gasteiger partial charge in [-0.25, -0.2) is 4.39 Å². The molecule has 1 aliphatic heterocycles. The highest BCUT2D eigenvalue weighted by Crippen LogP contribution is 2.52. The molecule has 0 unspecified atom stereocenters. The first-order valence-electron chi connectivity index (χ1n) is 10.5. The first-order valence-corrected chi connectivity index (χ1v) is 11.3. The largest absolute Gasteiger partial charge is 0.483 e. The summed E-state index contributed by atoms with van der Waals surface area (Å²) >= 11 is 3.40. The minimum absolute atomic E-state index is 0.141. The maximum absolute atomic E-state index is 12.9. The van der Waals surface area contributed by atoms with Gasteiger partial charge in [-0.05, 0) is 82.2 Å². The Kier molecular flexibility index (Phi) is 5.57. The van der Waals surface area contributed by atoms with Gasteiger partial charge in [-0.15, -0.1) is 0 Å².